The second kappa shape index (κ2) is 11.1. The molecule has 4 aliphatic heterocycles. The van der Waals surface area contributed by atoms with Gasteiger partial charge in [0.1, 0.15) is 40.5 Å². The third kappa shape index (κ3) is 4.70. The van der Waals surface area contributed by atoms with E-state index in [1.807, 2.05) is 4.90 Å². The molecular formula is C34H33F2N5O4S. The standard InChI is InChI=1S/C34H33F2N5O4S/c1-2-21-5-3-6-22-15-24(42)16-25(27(21)22)29-28(36)30-26(18-37-29)31(40-11-8-34(9-12-40)45-13-14-46(34)43)39-32(38-30)44-20-33-7-4-10-41(33)19-23(35)17-33/h1,3,5-6,15-16,18,23,42H,4,7-14,17,19-20H2/t23-,33+,46?/m1/s1. The Hall–Kier alpha value is -3.92. The van der Waals surface area contributed by atoms with Crippen molar-refractivity contribution in [2.45, 2.75) is 48.7 Å². The predicted molar refractivity (Wildman–Crippen MR) is 172 cm³/mol. The number of halogens is 2. The van der Waals surface area contributed by atoms with Crippen LogP contribution in [0.3, 0.4) is 0 Å². The average Bonchev–Trinajstić information content (AvgIpc) is 3.71. The SMILES string of the molecule is C#Cc1cccc2cc(O)cc(-c3ncc4c(N5CCC6(CC5)OCCS6=O)nc(OC[C@@]56CCCN5C[C@H](F)C6)nc4c3F)c12. The zero-order valence-electron chi connectivity index (χ0n) is 25.2. The number of anilines is 1. The van der Waals surface area contributed by atoms with Crippen LogP contribution >= 0.6 is 0 Å². The molecule has 2 aromatic carbocycles. The lowest BCUT2D eigenvalue weighted by Crippen LogP contribution is -2.46. The summed E-state index contributed by atoms with van der Waals surface area (Å²) in [5, 5.41) is 12.2. The molecule has 46 heavy (non-hydrogen) atoms. The minimum Gasteiger partial charge on any atom is -0.508 e. The summed E-state index contributed by atoms with van der Waals surface area (Å²) in [5.74, 6) is 2.88. The van der Waals surface area contributed by atoms with Crippen molar-refractivity contribution < 1.29 is 27.6 Å². The van der Waals surface area contributed by atoms with Crippen molar-refractivity contribution in [3.8, 4) is 35.4 Å². The minimum absolute atomic E-state index is 0.00635. The number of ether oxygens (including phenoxy) is 2. The van der Waals surface area contributed by atoms with Crippen LogP contribution < -0.4 is 9.64 Å². The van der Waals surface area contributed by atoms with Crippen LogP contribution in [0.25, 0.3) is 32.9 Å². The van der Waals surface area contributed by atoms with Crippen LogP contribution in [0.15, 0.2) is 36.5 Å². The lowest BCUT2D eigenvalue weighted by molar-refractivity contribution is 0.0309. The fourth-order valence-electron chi connectivity index (χ4n) is 7.87. The number of alkyl halides is 1. The molecule has 0 saturated carbocycles. The normalized spacial score (nSPS) is 25.8. The molecule has 0 aliphatic carbocycles. The lowest BCUT2D eigenvalue weighted by atomic mass is 9.95. The number of aromatic nitrogens is 3. The first-order valence-corrected chi connectivity index (χ1v) is 17.0. The number of rotatable bonds is 5. The van der Waals surface area contributed by atoms with E-state index >= 15 is 4.39 Å². The summed E-state index contributed by atoms with van der Waals surface area (Å²) in [6.45, 7) is 2.84. The van der Waals surface area contributed by atoms with E-state index in [2.05, 4.69) is 20.8 Å². The zero-order valence-corrected chi connectivity index (χ0v) is 26.0. The Labute approximate surface area is 267 Å². The molecule has 4 aromatic rings. The fourth-order valence-corrected chi connectivity index (χ4v) is 9.33. The third-order valence-electron chi connectivity index (χ3n) is 10.1. The monoisotopic (exact) mass is 645 g/mol. The van der Waals surface area contributed by atoms with E-state index in [9.17, 15) is 13.7 Å². The van der Waals surface area contributed by atoms with Gasteiger partial charge in [-0.2, -0.15) is 9.97 Å². The molecule has 2 aromatic heterocycles. The van der Waals surface area contributed by atoms with Crippen LogP contribution in [-0.2, 0) is 15.5 Å². The van der Waals surface area contributed by atoms with Gasteiger partial charge in [-0.15, -0.1) is 6.42 Å². The third-order valence-corrected chi connectivity index (χ3v) is 12.0. The van der Waals surface area contributed by atoms with Gasteiger partial charge in [0.25, 0.3) is 0 Å². The Kier molecular flexibility index (Phi) is 7.12. The lowest BCUT2D eigenvalue weighted by Gasteiger charge is -2.38. The Bertz CT molecular complexity index is 1950. The van der Waals surface area contributed by atoms with Crippen molar-refractivity contribution in [1.82, 2.24) is 19.9 Å². The molecule has 0 bridgehead atoms. The van der Waals surface area contributed by atoms with E-state index in [0.29, 0.717) is 84.4 Å². The maximum absolute atomic E-state index is 16.8. The van der Waals surface area contributed by atoms with Crippen molar-refractivity contribution in [2.75, 3.05) is 50.0 Å². The molecule has 9 nitrogen and oxygen atoms in total. The number of phenolic OH excluding ortho intramolecular Hbond substituents is 1. The molecule has 1 spiro atoms. The van der Waals surface area contributed by atoms with Gasteiger partial charge in [-0.05, 0) is 43.0 Å². The Balaban J connectivity index is 1.24. The maximum Gasteiger partial charge on any atom is 0.319 e. The van der Waals surface area contributed by atoms with Crippen LogP contribution in [-0.4, -0.2) is 91.0 Å². The van der Waals surface area contributed by atoms with E-state index < -0.39 is 33.3 Å². The number of aromatic hydroxyl groups is 1. The number of nitrogens with zero attached hydrogens (tertiary/aromatic N) is 5. The molecule has 4 saturated heterocycles. The molecular weight excluding hydrogens is 612 g/mol. The summed E-state index contributed by atoms with van der Waals surface area (Å²) in [6, 6.07) is 8.36. The summed E-state index contributed by atoms with van der Waals surface area (Å²) in [7, 11) is -1.07. The van der Waals surface area contributed by atoms with Gasteiger partial charge in [-0.3, -0.25) is 14.1 Å². The highest BCUT2D eigenvalue weighted by molar-refractivity contribution is 7.86. The molecule has 238 valence electrons. The van der Waals surface area contributed by atoms with E-state index in [0.717, 1.165) is 19.4 Å². The van der Waals surface area contributed by atoms with Gasteiger partial charge < -0.3 is 19.5 Å². The Morgan fingerprint density at radius 2 is 2.04 bits per heavy atom. The summed E-state index contributed by atoms with van der Waals surface area (Å²) in [5.41, 5.74) is 0.435. The van der Waals surface area contributed by atoms with Crippen molar-refractivity contribution in [3.63, 3.8) is 0 Å². The van der Waals surface area contributed by atoms with Crippen molar-refractivity contribution in [1.29, 1.82) is 0 Å². The largest absolute Gasteiger partial charge is 0.508 e. The molecule has 4 aliphatic rings. The first-order chi connectivity index (χ1) is 22.3. The molecule has 0 radical (unpaired) electrons. The zero-order chi connectivity index (χ0) is 31.6. The molecule has 1 N–H and O–H groups in total. The number of hydrogen-bond donors (Lipinski definition) is 1. The van der Waals surface area contributed by atoms with Gasteiger partial charge in [-0.1, -0.05) is 18.1 Å². The summed E-state index contributed by atoms with van der Waals surface area (Å²) in [6.07, 6.45) is 9.65. The van der Waals surface area contributed by atoms with E-state index in [-0.39, 0.29) is 29.6 Å². The molecule has 3 atom stereocenters. The Morgan fingerprint density at radius 3 is 2.83 bits per heavy atom. The smallest absolute Gasteiger partial charge is 0.319 e. The highest BCUT2D eigenvalue weighted by Gasteiger charge is 2.49. The number of pyridine rings is 1. The highest BCUT2D eigenvalue weighted by Crippen LogP contribution is 2.42. The van der Waals surface area contributed by atoms with Crippen LogP contribution in [0.1, 0.15) is 37.7 Å². The van der Waals surface area contributed by atoms with Crippen LogP contribution in [0.5, 0.6) is 11.8 Å². The Morgan fingerprint density at radius 1 is 1.20 bits per heavy atom. The first kappa shape index (κ1) is 29.5. The van der Waals surface area contributed by atoms with Crippen molar-refractivity contribution >= 4 is 38.3 Å². The molecule has 4 fully saturated rings. The summed E-state index contributed by atoms with van der Waals surface area (Å²) < 4.78 is 56.2. The van der Waals surface area contributed by atoms with Crippen molar-refractivity contribution in [3.05, 3.63) is 47.9 Å². The molecule has 6 heterocycles. The van der Waals surface area contributed by atoms with Crippen molar-refractivity contribution in [2.24, 2.45) is 0 Å². The summed E-state index contributed by atoms with van der Waals surface area (Å²) in [4.78, 5) is 17.4. The van der Waals surface area contributed by atoms with Crippen LogP contribution in [0.2, 0.25) is 0 Å². The molecule has 12 heteroatoms. The van der Waals surface area contributed by atoms with E-state index in [1.54, 1.807) is 24.3 Å². The quantitative estimate of drug-likeness (QED) is 0.310. The number of terminal acetylenes is 1. The van der Waals surface area contributed by atoms with Crippen LogP contribution in [0, 0.1) is 18.2 Å². The van der Waals surface area contributed by atoms with Crippen LogP contribution in [0.4, 0.5) is 14.6 Å². The number of hydrogen-bond acceptors (Lipinski definition) is 9. The van der Waals surface area contributed by atoms with Gasteiger partial charge in [0, 0.05) is 67.4 Å². The fraction of sp³-hybridized carbons (Fsp3) is 0.441. The second-order valence-corrected chi connectivity index (χ2v) is 14.6. The van der Waals surface area contributed by atoms with E-state index in [1.165, 1.54) is 12.3 Å². The minimum atomic E-state index is -1.07. The number of piperidine rings is 1. The van der Waals surface area contributed by atoms with Gasteiger partial charge in [0.05, 0.1) is 28.3 Å². The average molecular weight is 646 g/mol. The number of benzene rings is 2. The second-order valence-electron chi connectivity index (χ2n) is 12.7. The number of fused-ring (bicyclic) bond motifs is 3. The van der Waals surface area contributed by atoms with E-state index in [4.69, 9.17) is 20.9 Å². The topological polar surface area (TPSA) is 101 Å². The molecule has 0 amide bonds. The number of phenols is 1. The first-order valence-electron chi connectivity index (χ1n) is 15.7. The van der Waals surface area contributed by atoms with Gasteiger partial charge in [-0.25, -0.2) is 8.78 Å². The van der Waals surface area contributed by atoms with Gasteiger partial charge in [0.2, 0.25) is 0 Å². The highest BCUT2D eigenvalue weighted by atomic mass is 32.2. The van der Waals surface area contributed by atoms with Gasteiger partial charge >= 0.3 is 6.01 Å². The molecule has 8 rings (SSSR count). The maximum atomic E-state index is 16.8. The summed E-state index contributed by atoms with van der Waals surface area (Å²) >= 11 is 0. The predicted octanol–water partition coefficient (Wildman–Crippen LogP) is 4.70. The molecule has 1 unspecified atom stereocenters. The van der Waals surface area contributed by atoms with Gasteiger partial charge in [0.15, 0.2) is 5.82 Å².